The number of tetrazole rings is 1. The molecular weight excluding hydrogens is 218 g/mol. The summed E-state index contributed by atoms with van der Waals surface area (Å²) >= 11 is 0. The monoisotopic (exact) mass is 229 g/mol. The van der Waals surface area contributed by atoms with Crippen molar-refractivity contribution in [3.8, 4) is 5.69 Å². The van der Waals surface area contributed by atoms with Crippen LogP contribution < -0.4 is 0 Å². The van der Waals surface area contributed by atoms with E-state index in [0.717, 1.165) is 16.6 Å². The number of hydrogen-bond donors (Lipinski definition) is 2. The lowest BCUT2D eigenvalue weighted by atomic mass is 10.2. The molecule has 3 rings (SSSR count). The quantitative estimate of drug-likeness (QED) is 0.692. The first-order chi connectivity index (χ1) is 8.40. The second kappa shape index (κ2) is 3.99. The third-order valence-electron chi connectivity index (χ3n) is 2.67. The van der Waals surface area contributed by atoms with E-state index in [0.29, 0.717) is 12.2 Å². The topological polar surface area (TPSA) is 79.6 Å². The molecule has 2 N–H and O–H groups in total. The third-order valence-corrected chi connectivity index (χ3v) is 2.67. The molecule has 0 amide bonds. The molecule has 3 aromatic rings. The van der Waals surface area contributed by atoms with E-state index in [1.807, 2.05) is 30.5 Å². The number of hydrogen-bond acceptors (Lipinski definition) is 4. The van der Waals surface area contributed by atoms with E-state index in [1.165, 1.54) is 0 Å². The van der Waals surface area contributed by atoms with Crippen molar-refractivity contribution >= 4 is 10.9 Å². The number of aliphatic hydroxyl groups excluding tert-OH is 1. The van der Waals surface area contributed by atoms with E-state index < -0.39 is 0 Å². The average molecular weight is 229 g/mol. The molecule has 2 aromatic heterocycles. The van der Waals surface area contributed by atoms with Gasteiger partial charge in [-0.2, -0.15) is 4.68 Å². The van der Waals surface area contributed by atoms with Crippen LogP contribution in [0.1, 0.15) is 5.82 Å². The molecule has 6 heteroatoms. The Labute approximate surface area is 96.9 Å². The van der Waals surface area contributed by atoms with Gasteiger partial charge >= 0.3 is 0 Å². The number of rotatable bonds is 3. The summed E-state index contributed by atoms with van der Waals surface area (Å²) in [5.74, 6) is 0.650. The summed E-state index contributed by atoms with van der Waals surface area (Å²) in [6, 6.07) is 7.94. The molecule has 0 unspecified atom stereocenters. The fourth-order valence-corrected chi connectivity index (χ4v) is 1.88. The van der Waals surface area contributed by atoms with Gasteiger partial charge in [0, 0.05) is 23.5 Å². The molecule has 0 aliphatic rings. The molecule has 6 nitrogen and oxygen atoms in total. The maximum Gasteiger partial charge on any atom is 0.159 e. The normalized spacial score (nSPS) is 11.1. The number of nitrogens with zero attached hydrogens (tertiary/aromatic N) is 4. The number of aliphatic hydroxyl groups is 1. The van der Waals surface area contributed by atoms with E-state index in [4.69, 9.17) is 5.11 Å². The van der Waals surface area contributed by atoms with Gasteiger partial charge in [0.2, 0.25) is 0 Å². The van der Waals surface area contributed by atoms with Crippen LogP contribution in [0.5, 0.6) is 0 Å². The van der Waals surface area contributed by atoms with Gasteiger partial charge in [0.05, 0.1) is 12.3 Å². The van der Waals surface area contributed by atoms with Gasteiger partial charge < -0.3 is 10.1 Å². The summed E-state index contributed by atoms with van der Waals surface area (Å²) in [5.41, 5.74) is 1.93. The largest absolute Gasteiger partial charge is 0.396 e. The average Bonchev–Trinajstić information content (AvgIpc) is 2.95. The fraction of sp³-hybridized carbons (Fsp3) is 0.182. The Kier molecular flexibility index (Phi) is 2.34. The molecule has 0 saturated heterocycles. The summed E-state index contributed by atoms with van der Waals surface area (Å²) in [6.07, 6.45) is 2.30. The number of H-pyrrole nitrogens is 1. The third kappa shape index (κ3) is 1.58. The van der Waals surface area contributed by atoms with Gasteiger partial charge in [-0.3, -0.25) is 0 Å². The van der Waals surface area contributed by atoms with Crippen molar-refractivity contribution in [2.45, 2.75) is 6.42 Å². The van der Waals surface area contributed by atoms with Crippen molar-refractivity contribution < 1.29 is 5.11 Å². The van der Waals surface area contributed by atoms with Crippen LogP contribution >= 0.6 is 0 Å². The highest BCUT2D eigenvalue weighted by atomic mass is 16.3. The van der Waals surface area contributed by atoms with Crippen molar-refractivity contribution in [2.24, 2.45) is 0 Å². The summed E-state index contributed by atoms with van der Waals surface area (Å²) in [5, 5.41) is 21.5. The minimum atomic E-state index is 0.0305. The first-order valence-corrected chi connectivity index (χ1v) is 5.35. The molecule has 0 radical (unpaired) electrons. The van der Waals surface area contributed by atoms with Crippen molar-refractivity contribution in [1.82, 2.24) is 25.2 Å². The predicted molar refractivity (Wildman–Crippen MR) is 61.8 cm³/mol. The summed E-state index contributed by atoms with van der Waals surface area (Å²) < 4.78 is 1.65. The molecule has 0 bridgehead atoms. The molecule has 17 heavy (non-hydrogen) atoms. The summed E-state index contributed by atoms with van der Waals surface area (Å²) in [7, 11) is 0. The molecule has 86 valence electrons. The van der Waals surface area contributed by atoms with Gasteiger partial charge in [-0.25, -0.2) is 0 Å². The van der Waals surface area contributed by atoms with Gasteiger partial charge in [0.1, 0.15) is 0 Å². The predicted octanol–water partition coefficient (Wildman–Crippen LogP) is 0.678. The van der Waals surface area contributed by atoms with E-state index in [2.05, 4.69) is 20.5 Å². The smallest absolute Gasteiger partial charge is 0.159 e. The van der Waals surface area contributed by atoms with Gasteiger partial charge in [0.25, 0.3) is 0 Å². The van der Waals surface area contributed by atoms with E-state index in [1.54, 1.807) is 4.68 Å². The lowest BCUT2D eigenvalue weighted by Gasteiger charge is -2.01. The van der Waals surface area contributed by atoms with Crippen LogP contribution in [0.3, 0.4) is 0 Å². The van der Waals surface area contributed by atoms with Crippen LogP contribution in [-0.4, -0.2) is 36.9 Å². The molecule has 0 aliphatic heterocycles. The van der Waals surface area contributed by atoms with E-state index in [-0.39, 0.29) is 6.61 Å². The molecule has 0 spiro atoms. The molecular formula is C11H11N5O. The lowest BCUT2D eigenvalue weighted by molar-refractivity contribution is 0.295. The van der Waals surface area contributed by atoms with Crippen LogP contribution in [0.4, 0.5) is 0 Å². The maximum absolute atomic E-state index is 8.96. The number of benzene rings is 1. The van der Waals surface area contributed by atoms with Gasteiger partial charge in [-0.15, -0.1) is 5.10 Å². The molecule has 2 heterocycles. The van der Waals surface area contributed by atoms with Crippen LogP contribution in [0.25, 0.3) is 16.6 Å². The van der Waals surface area contributed by atoms with E-state index >= 15 is 0 Å². The van der Waals surface area contributed by atoms with Crippen LogP contribution in [0.2, 0.25) is 0 Å². The first-order valence-electron chi connectivity index (χ1n) is 5.35. The first kappa shape index (κ1) is 9.98. The Bertz CT molecular complexity index is 642. The number of fused-ring (bicyclic) bond motifs is 1. The van der Waals surface area contributed by atoms with Crippen LogP contribution in [0.15, 0.2) is 30.5 Å². The zero-order valence-electron chi connectivity index (χ0n) is 9.04. The van der Waals surface area contributed by atoms with Gasteiger partial charge in [-0.05, 0) is 16.5 Å². The zero-order chi connectivity index (χ0) is 11.7. The second-order valence-corrected chi connectivity index (χ2v) is 3.70. The molecule has 0 atom stereocenters. The number of para-hydroxylation sites is 1. The minimum absolute atomic E-state index is 0.0305. The van der Waals surface area contributed by atoms with Gasteiger partial charge in [0.15, 0.2) is 5.82 Å². The maximum atomic E-state index is 8.96. The Morgan fingerprint density at radius 3 is 3.06 bits per heavy atom. The molecule has 0 fully saturated rings. The van der Waals surface area contributed by atoms with Crippen LogP contribution in [-0.2, 0) is 6.42 Å². The zero-order valence-corrected chi connectivity index (χ0v) is 9.04. The number of aromatic nitrogens is 5. The van der Waals surface area contributed by atoms with Crippen molar-refractivity contribution in [1.29, 1.82) is 0 Å². The van der Waals surface area contributed by atoms with Crippen molar-refractivity contribution in [3.63, 3.8) is 0 Å². The lowest BCUT2D eigenvalue weighted by Crippen LogP contribution is -2.04. The highest BCUT2D eigenvalue weighted by molar-refractivity contribution is 5.87. The Morgan fingerprint density at radius 2 is 2.18 bits per heavy atom. The fourth-order valence-electron chi connectivity index (χ4n) is 1.88. The highest BCUT2D eigenvalue weighted by Gasteiger charge is 2.11. The standard InChI is InChI=1S/C11H11N5O/c17-6-5-11-13-14-15-16(11)10-7-12-9-4-2-1-3-8(9)10/h1-4,7,12,17H,5-6H2. The number of aromatic amines is 1. The SMILES string of the molecule is OCCc1nnnn1-c1c[nH]c2ccccc12. The molecule has 0 saturated carbocycles. The summed E-state index contributed by atoms with van der Waals surface area (Å²) in [4.78, 5) is 3.17. The van der Waals surface area contributed by atoms with Crippen molar-refractivity contribution in [3.05, 3.63) is 36.3 Å². The summed E-state index contributed by atoms with van der Waals surface area (Å²) in [6.45, 7) is 0.0305. The highest BCUT2D eigenvalue weighted by Crippen LogP contribution is 2.21. The van der Waals surface area contributed by atoms with Gasteiger partial charge in [-0.1, -0.05) is 18.2 Å². The van der Waals surface area contributed by atoms with Crippen molar-refractivity contribution in [2.75, 3.05) is 6.61 Å². The molecule has 0 aliphatic carbocycles. The Balaban J connectivity index is 2.17. The second-order valence-electron chi connectivity index (χ2n) is 3.70. The number of nitrogens with one attached hydrogen (secondary N) is 1. The Morgan fingerprint density at radius 1 is 1.29 bits per heavy atom. The minimum Gasteiger partial charge on any atom is -0.396 e. The van der Waals surface area contributed by atoms with Crippen LogP contribution in [0, 0.1) is 0 Å². The van der Waals surface area contributed by atoms with E-state index in [9.17, 15) is 0 Å². The Hall–Kier alpha value is -2.21. The molecule has 1 aromatic carbocycles.